The first kappa shape index (κ1) is 12.0. The van der Waals surface area contributed by atoms with Crippen molar-refractivity contribution in [2.75, 3.05) is 0 Å². The van der Waals surface area contributed by atoms with Gasteiger partial charge in [0.1, 0.15) is 0 Å². The van der Waals surface area contributed by atoms with Crippen molar-refractivity contribution in [3.63, 3.8) is 0 Å². The Morgan fingerprint density at radius 3 is 2.63 bits per heavy atom. The van der Waals surface area contributed by atoms with E-state index in [2.05, 4.69) is 67.1 Å². The van der Waals surface area contributed by atoms with Gasteiger partial charge < -0.3 is 10.3 Å². The van der Waals surface area contributed by atoms with E-state index in [0.717, 1.165) is 0 Å². The first-order valence-electron chi connectivity index (χ1n) is 6.55. The SMILES string of the molecule is Cc1c(-c2cccc(CN)c2)c2ccccc2n1C. The van der Waals surface area contributed by atoms with Crippen LogP contribution < -0.4 is 5.73 Å². The molecule has 0 radical (unpaired) electrons. The van der Waals surface area contributed by atoms with Gasteiger partial charge in [0.05, 0.1) is 0 Å². The summed E-state index contributed by atoms with van der Waals surface area (Å²) in [6, 6.07) is 17.0. The van der Waals surface area contributed by atoms with Crippen molar-refractivity contribution in [3.05, 3.63) is 59.8 Å². The van der Waals surface area contributed by atoms with E-state index in [-0.39, 0.29) is 0 Å². The lowest BCUT2D eigenvalue weighted by atomic mass is 10.0. The molecule has 3 rings (SSSR count). The van der Waals surface area contributed by atoms with Crippen LogP contribution in [0, 0.1) is 6.92 Å². The summed E-state index contributed by atoms with van der Waals surface area (Å²) < 4.78 is 2.25. The van der Waals surface area contributed by atoms with Crippen molar-refractivity contribution in [1.82, 2.24) is 4.57 Å². The normalized spacial score (nSPS) is 11.1. The van der Waals surface area contributed by atoms with Gasteiger partial charge in [-0.3, -0.25) is 0 Å². The van der Waals surface area contributed by atoms with Crippen LogP contribution in [0.15, 0.2) is 48.5 Å². The molecule has 2 heteroatoms. The van der Waals surface area contributed by atoms with Gasteiger partial charge in [-0.05, 0) is 30.2 Å². The van der Waals surface area contributed by atoms with Gasteiger partial charge in [-0.15, -0.1) is 0 Å². The van der Waals surface area contributed by atoms with Crippen molar-refractivity contribution < 1.29 is 0 Å². The maximum Gasteiger partial charge on any atom is 0.0486 e. The molecule has 0 aliphatic heterocycles. The number of para-hydroxylation sites is 1. The summed E-state index contributed by atoms with van der Waals surface area (Å²) in [4.78, 5) is 0. The maximum atomic E-state index is 5.75. The Balaban J connectivity index is 2.32. The minimum absolute atomic E-state index is 0.581. The predicted octanol–water partition coefficient (Wildman–Crippen LogP) is 3.61. The van der Waals surface area contributed by atoms with Crippen molar-refractivity contribution in [1.29, 1.82) is 0 Å². The van der Waals surface area contributed by atoms with E-state index in [9.17, 15) is 0 Å². The molecule has 0 saturated carbocycles. The molecule has 2 aromatic carbocycles. The number of nitrogens with zero attached hydrogens (tertiary/aromatic N) is 1. The third kappa shape index (κ3) is 1.85. The minimum atomic E-state index is 0.581. The summed E-state index contributed by atoms with van der Waals surface area (Å²) in [5.74, 6) is 0. The fraction of sp³-hybridized carbons (Fsp3) is 0.176. The molecule has 0 fully saturated rings. The van der Waals surface area contributed by atoms with Crippen LogP contribution in [0.3, 0.4) is 0 Å². The van der Waals surface area contributed by atoms with Crippen LogP contribution in [0.1, 0.15) is 11.3 Å². The predicted molar refractivity (Wildman–Crippen MR) is 81.0 cm³/mol. The van der Waals surface area contributed by atoms with E-state index in [0.29, 0.717) is 6.54 Å². The standard InChI is InChI=1S/C17H18N2/c1-12-17(14-7-5-6-13(10-14)11-18)15-8-3-4-9-16(15)19(12)2/h3-10H,11,18H2,1-2H3. The fourth-order valence-electron chi connectivity index (χ4n) is 2.74. The number of rotatable bonds is 2. The van der Waals surface area contributed by atoms with Crippen LogP contribution in [0.4, 0.5) is 0 Å². The minimum Gasteiger partial charge on any atom is -0.347 e. The van der Waals surface area contributed by atoms with Gasteiger partial charge in [0.2, 0.25) is 0 Å². The Bertz CT molecular complexity index is 738. The quantitative estimate of drug-likeness (QED) is 0.740. The van der Waals surface area contributed by atoms with Gasteiger partial charge in [0.25, 0.3) is 0 Å². The first-order chi connectivity index (χ1) is 9.22. The Hall–Kier alpha value is -2.06. The number of nitrogens with two attached hydrogens (primary N) is 1. The molecule has 19 heavy (non-hydrogen) atoms. The smallest absolute Gasteiger partial charge is 0.0486 e. The van der Waals surface area contributed by atoms with Gasteiger partial charge in [-0.1, -0.05) is 36.4 Å². The molecule has 2 nitrogen and oxygen atoms in total. The lowest BCUT2D eigenvalue weighted by molar-refractivity contribution is 0.919. The highest BCUT2D eigenvalue weighted by Gasteiger charge is 2.13. The Morgan fingerprint density at radius 2 is 1.84 bits per heavy atom. The van der Waals surface area contributed by atoms with Gasteiger partial charge in [-0.25, -0.2) is 0 Å². The Kier molecular flexibility index (Phi) is 2.88. The van der Waals surface area contributed by atoms with Gasteiger partial charge in [0.15, 0.2) is 0 Å². The molecular formula is C17H18N2. The van der Waals surface area contributed by atoms with Crippen molar-refractivity contribution in [2.45, 2.75) is 13.5 Å². The molecule has 96 valence electrons. The van der Waals surface area contributed by atoms with Crippen molar-refractivity contribution in [2.24, 2.45) is 12.8 Å². The molecule has 0 atom stereocenters. The topological polar surface area (TPSA) is 30.9 Å². The summed E-state index contributed by atoms with van der Waals surface area (Å²) in [7, 11) is 2.12. The lowest BCUT2D eigenvalue weighted by Crippen LogP contribution is -1.96. The zero-order chi connectivity index (χ0) is 13.4. The molecule has 1 heterocycles. The van der Waals surface area contributed by atoms with Crippen molar-refractivity contribution in [3.8, 4) is 11.1 Å². The molecule has 0 bridgehead atoms. The summed E-state index contributed by atoms with van der Waals surface area (Å²) in [6.45, 7) is 2.75. The average Bonchev–Trinajstić information content (AvgIpc) is 2.72. The third-order valence-electron chi connectivity index (χ3n) is 3.85. The molecule has 1 aromatic heterocycles. The monoisotopic (exact) mass is 250 g/mol. The second kappa shape index (κ2) is 4.56. The van der Waals surface area contributed by atoms with Gasteiger partial charge in [0, 0.05) is 35.8 Å². The fourth-order valence-corrected chi connectivity index (χ4v) is 2.74. The molecule has 3 aromatic rings. The van der Waals surface area contributed by atoms with Crippen LogP contribution in [-0.4, -0.2) is 4.57 Å². The van der Waals surface area contributed by atoms with Crippen LogP contribution in [0.2, 0.25) is 0 Å². The number of benzene rings is 2. The highest BCUT2D eigenvalue weighted by atomic mass is 14.9. The third-order valence-corrected chi connectivity index (χ3v) is 3.85. The highest BCUT2D eigenvalue weighted by Crippen LogP contribution is 2.34. The van der Waals surface area contributed by atoms with E-state index in [1.54, 1.807) is 0 Å². The summed E-state index contributed by atoms with van der Waals surface area (Å²) in [5, 5.41) is 1.30. The Morgan fingerprint density at radius 1 is 1.05 bits per heavy atom. The second-order valence-corrected chi connectivity index (χ2v) is 4.94. The number of aryl methyl sites for hydroxylation is 1. The van der Waals surface area contributed by atoms with E-state index in [1.807, 2.05) is 0 Å². The molecule has 0 aliphatic carbocycles. The average molecular weight is 250 g/mol. The van der Waals surface area contributed by atoms with E-state index >= 15 is 0 Å². The van der Waals surface area contributed by atoms with Crippen LogP contribution in [0.5, 0.6) is 0 Å². The lowest BCUT2D eigenvalue weighted by Gasteiger charge is -2.05. The molecule has 2 N–H and O–H groups in total. The largest absolute Gasteiger partial charge is 0.347 e. The zero-order valence-corrected chi connectivity index (χ0v) is 11.4. The van der Waals surface area contributed by atoms with Gasteiger partial charge >= 0.3 is 0 Å². The van der Waals surface area contributed by atoms with Crippen LogP contribution in [0.25, 0.3) is 22.0 Å². The molecule has 0 spiro atoms. The van der Waals surface area contributed by atoms with Crippen molar-refractivity contribution >= 4 is 10.9 Å². The Labute approximate surface area is 113 Å². The van der Waals surface area contributed by atoms with Gasteiger partial charge in [-0.2, -0.15) is 0 Å². The zero-order valence-electron chi connectivity index (χ0n) is 11.4. The molecule has 0 saturated heterocycles. The number of hydrogen-bond acceptors (Lipinski definition) is 1. The number of hydrogen-bond donors (Lipinski definition) is 1. The second-order valence-electron chi connectivity index (χ2n) is 4.94. The highest BCUT2D eigenvalue weighted by molar-refractivity contribution is 5.98. The summed E-state index contributed by atoms with van der Waals surface area (Å²) in [6.07, 6.45) is 0. The maximum absolute atomic E-state index is 5.75. The number of fused-ring (bicyclic) bond motifs is 1. The van der Waals surface area contributed by atoms with E-state index < -0.39 is 0 Å². The van der Waals surface area contributed by atoms with E-state index in [1.165, 1.54) is 33.3 Å². The molecule has 0 amide bonds. The number of aromatic nitrogens is 1. The molecule has 0 aliphatic rings. The summed E-state index contributed by atoms with van der Waals surface area (Å²) in [5.41, 5.74) is 12.0. The first-order valence-corrected chi connectivity index (χ1v) is 6.55. The van der Waals surface area contributed by atoms with Crippen LogP contribution >= 0.6 is 0 Å². The molecule has 0 unspecified atom stereocenters. The summed E-state index contributed by atoms with van der Waals surface area (Å²) >= 11 is 0. The van der Waals surface area contributed by atoms with Crippen LogP contribution in [-0.2, 0) is 13.6 Å². The molecular weight excluding hydrogens is 232 g/mol. The van der Waals surface area contributed by atoms with E-state index in [4.69, 9.17) is 5.73 Å².